The van der Waals surface area contributed by atoms with Crippen LogP contribution in [0, 0.1) is 0 Å². The molecule has 0 fully saturated rings. The molecule has 2 amide bonds. The van der Waals surface area contributed by atoms with E-state index >= 15 is 0 Å². The number of carbonyl (C=O) groups is 2. The molecular formula is C14H20N2O4. The van der Waals surface area contributed by atoms with Gasteiger partial charge in [-0.3, -0.25) is 9.59 Å². The lowest BCUT2D eigenvalue weighted by atomic mass is 10.2. The molecule has 0 aliphatic heterocycles. The van der Waals surface area contributed by atoms with Gasteiger partial charge in [-0.05, 0) is 25.0 Å². The van der Waals surface area contributed by atoms with Gasteiger partial charge in [0.25, 0.3) is 11.8 Å². The molecular weight excluding hydrogens is 260 g/mol. The zero-order chi connectivity index (χ0) is 15.0. The van der Waals surface area contributed by atoms with Crippen LogP contribution in [0.2, 0.25) is 0 Å². The van der Waals surface area contributed by atoms with Gasteiger partial charge in [0, 0.05) is 6.54 Å². The Morgan fingerprint density at radius 3 is 2.75 bits per heavy atom. The maximum Gasteiger partial charge on any atom is 0.257 e. The van der Waals surface area contributed by atoms with Gasteiger partial charge >= 0.3 is 0 Å². The molecule has 0 heterocycles. The monoisotopic (exact) mass is 280 g/mol. The molecule has 4 N–H and O–H groups in total. The Kier molecular flexibility index (Phi) is 6.52. The van der Waals surface area contributed by atoms with E-state index in [0.717, 1.165) is 0 Å². The van der Waals surface area contributed by atoms with Crippen LogP contribution in [0.1, 0.15) is 30.1 Å². The zero-order valence-corrected chi connectivity index (χ0v) is 11.5. The van der Waals surface area contributed by atoms with Crippen LogP contribution in [-0.2, 0) is 4.79 Å². The molecule has 1 rings (SSSR count). The molecule has 6 nitrogen and oxygen atoms in total. The second-order valence-corrected chi connectivity index (χ2v) is 4.35. The zero-order valence-electron chi connectivity index (χ0n) is 11.5. The molecule has 0 spiro atoms. The number of nitrogens with two attached hydrogens (primary N) is 1. The number of benzene rings is 1. The fourth-order valence-corrected chi connectivity index (χ4v) is 1.57. The van der Waals surface area contributed by atoms with Gasteiger partial charge < -0.3 is 20.9 Å². The van der Waals surface area contributed by atoms with Crippen LogP contribution >= 0.6 is 0 Å². The Hall–Kier alpha value is -2.08. The Bertz CT molecular complexity index is 462. The largest absolute Gasteiger partial charge is 0.483 e. The van der Waals surface area contributed by atoms with Crippen molar-refractivity contribution >= 4 is 11.8 Å². The second kappa shape index (κ2) is 8.16. The molecule has 0 bridgehead atoms. The molecule has 0 aliphatic rings. The summed E-state index contributed by atoms with van der Waals surface area (Å²) in [4.78, 5) is 22.7. The minimum absolute atomic E-state index is 0.202. The van der Waals surface area contributed by atoms with Crippen molar-refractivity contribution in [2.75, 3.05) is 13.2 Å². The van der Waals surface area contributed by atoms with Crippen LogP contribution in [0.5, 0.6) is 5.75 Å². The molecule has 1 atom stereocenters. The number of aliphatic hydroxyl groups excluding tert-OH is 1. The van der Waals surface area contributed by atoms with E-state index in [9.17, 15) is 14.7 Å². The normalized spacial score (nSPS) is 11.7. The summed E-state index contributed by atoms with van der Waals surface area (Å²) < 4.78 is 5.27. The van der Waals surface area contributed by atoms with E-state index in [2.05, 4.69) is 5.32 Å². The average Bonchev–Trinajstić information content (AvgIpc) is 2.45. The maximum absolute atomic E-state index is 11.5. The molecule has 6 heteroatoms. The van der Waals surface area contributed by atoms with Crippen molar-refractivity contribution in [1.29, 1.82) is 0 Å². The standard InChI is InChI=1S/C14H20N2O4/c1-2-10(17)7-8-16-13(18)9-20-12-6-4-3-5-11(12)14(15)19/h3-6,10,17H,2,7-9H2,1H3,(H2,15,19)(H,16,18). The lowest BCUT2D eigenvalue weighted by Crippen LogP contribution is -2.31. The first kappa shape index (κ1) is 16.0. The number of primary amides is 1. The number of ether oxygens (including phenoxy) is 1. The van der Waals surface area contributed by atoms with Gasteiger partial charge in [0.1, 0.15) is 5.75 Å². The summed E-state index contributed by atoms with van der Waals surface area (Å²) in [5.41, 5.74) is 5.44. The fraction of sp³-hybridized carbons (Fsp3) is 0.429. The highest BCUT2D eigenvalue weighted by Crippen LogP contribution is 2.16. The minimum atomic E-state index is -0.605. The molecule has 0 aliphatic carbocycles. The number of aliphatic hydroxyl groups is 1. The second-order valence-electron chi connectivity index (χ2n) is 4.35. The molecule has 110 valence electrons. The topological polar surface area (TPSA) is 102 Å². The summed E-state index contributed by atoms with van der Waals surface area (Å²) in [7, 11) is 0. The lowest BCUT2D eigenvalue weighted by Gasteiger charge is -2.11. The number of carbonyl (C=O) groups excluding carboxylic acids is 2. The summed E-state index contributed by atoms with van der Waals surface area (Å²) in [6.07, 6.45) is 0.741. The van der Waals surface area contributed by atoms with Crippen molar-refractivity contribution in [3.05, 3.63) is 29.8 Å². The quantitative estimate of drug-likeness (QED) is 0.643. The predicted molar refractivity (Wildman–Crippen MR) is 74.4 cm³/mol. The third kappa shape index (κ3) is 5.27. The summed E-state index contributed by atoms with van der Waals surface area (Å²) in [5.74, 6) is -0.636. The Labute approximate surface area is 117 Å². The van der Waals surface area contributed by atoms with Crippen molar-refractivity contribution in [2.45, 2.75) is 25.9 Å². The summed E-state index contributed by atoms with van der Waals surface area (Å²) in [6, 6.07) is 6.47. The van der Waals surface area contributed by atoms with Crippen molar-refractivity contribution in [1.82, 2.24) is 5.32 Å². The summed E-state index contributed by atoms with van der Waals surface area (Å²) in [5, 5.41) is 12.0. The van der Waals surface area contributed by atoms with Crippen LogP contribution < -0.4 is 15.8 Å². The van der Waals surface area contributed by atoms with E-state index in [-0.39, 0.29) is 23.8 Å². The van der Waals surface area contributed by atoms with Gasteiger partial charge in [0.15, 0.2) is 6.61 Å². The number of rotatable bonds is 8. The molecule has 1 aromatic rings. The van der Waals surface area contributed by atoms with Crippen molar-refractivity contribution in [2.24, 2.45) is 5.73 Å². The fourth-order valence-electron chi connectivity index (χ4n) is 1.57. The molecule has 20 heavy (non-hydrogen) atoms. The summed E-state index contributed by atoms with van der Waals surface area (Å²) in [6.45, 7) is 2.05. The average molecular weight is 280 g/mol. The highest BCUT2D eigenvalue weighted by atomic mass is 16.5. The van der Waals surface area contributed by atoms with E-state index < -0.39 is 12.0 Å². The van der Waals surface area contributed by atoms with Crippen LogP contribution in [-0.4, -0.2) is 36.2 Å². The molecule has 0 saturated heterocycles. The summed E-state index contributed by atoms with van der Waals surface area (Å²) >= 11 is 0. The van der Waals surface area contributed by atoms with E-state index in [4.69, 9.17) is 10.5 Å². The van der Waals surface area contributed by atoms with Crippen LogP contribution in [0.3, 0.4) is 0 Å². The highest BCUT2D eigenvalue weighted by Gasteiger charge is 2.10. The van der Waals surface area contributed by atoms with Gasteiger partial charge in [-0.25, -0.2) is 0 Å². The van der Waals surface area contributed by atoms with Crippen molar-refractivity contribution in [3.63, 3.8) is 0 Å². The van der Waals surface area contributed by atoms with Gasteiger partial charge in [0.2, 0.25) is 0 Å². The van der Waals surface area contributed by atoms with Crippen molar-refractivity contribution in [3.8, 4) is 5.75 Å². The van der Waals surface area contributed by atoms with E-state index in [1.54, 1.807) is 18.2 Å². The molecule has 1 unspecified atom stereocenters. The van der Waals surface area contributed by atoms with E-state index in [0.29, 0.717) is 19.4 Å². The van der Waals surface area contributed by atoms with Crippen LogP contribution in [0.4, 0.5) is 0 Å². The highest BCUT2D eigenvalue weighted by molar-refractivity contribution is 5.95. The minimum Gasteiger partial charge on any atom is -0.483 e. The number of amides is 2. The molecule has 0 aromatic heterocycles. The van der Waals surface area contributed by atoms with Gasteiger partial charge in [-0.15, -0.1) is 0 Å². The number of para-hydroxylation sites is 1. The third-order valence-corrected chi connectivity index (χ3v) is 2.78. The third-order valence-electron chi connectivity index (χ3n) is 2.78. The SMILES string of the molecule is CCC(O)CCNC(=O)COc1ccccc1C(N)=O. The number of nitrogens with one attached hydrogen (secondary N) is 1. The smallest absolute Gasteiger partial charge is 0.257 e. The number of hydrogen-bond donors (Lipinski definition) is 3. The molecule has 0 radical (unpaired) electrons. The Morgan fingerprint density at radius 1 is 1.40 bits per heavy atom. The van der Waals surface area contributed by atoms with Crippen LogP contribution in [0.25, 0.3) is 0 Å². The first-order valence-corrected chi connectivity index (χ1v) is 6.51. The Balaban J connectivity index is 2.40. The molecule has 1 aromatic carbocycles. The van der Waals surface area contributed by atoms with Crippen molar-refractivity contribution < 1.29 is 19.4 Å². The predicted octanol–water partition coefficient (Wildman–Crippen LogP) is 0.441. The maximum atomic E-state index is 11.5. The van der Waals surface area contributed by atoms with E-state index in [1.165, 1.54) is 6.07 Å². The first-order chi connectivity index (χ1) is 9.54. The Morgan fingerprint density at radius 2 is 2.10 bits per heavy atom. The molecule has 0 saturated carbocycles. The van der Waals surface area contributed by atoms with Crippen LogP contribution in [0.15, 0.2) is 24.3 Å². The van der Waals surface area contributed by atoms with E-state index in [1.807, 2.05) is 6.92 Å². The number of hydrogen-bond acceptors (Lipinski definition) is 4. The van der Waals surface area contributed by atoms with Gasteiger partial charge in [0.05, 0.1) is 11.7 Å². The van der Waals surface area contributed by atoms with Gasteiger partial charge in [-0.2, -0.15) is 0 Å². The first-order valence-electron chi connectivity index (χ1n) is 6.51. The lowest BCUT2D eigenvalue weighted by molar-refractivity contribution is -0.123. The van der Waals surface area contributed by atoms with Gasteiger partial charge in [-0.1, -0.05) is 19.1 Å².